The van der Waals surface area contributed by atoms with Gasteiger partial charge in [-0.25, -0.2) is 20.0 Å². The molecule has 152 valence electrons. The number of aromatic nitrogens is 3. The summed E-state index contributed by atoms with van der Waals surface area (Å²) >= 11 is 3.13. The van der Waals surface area contributed by atoms with Crippen LogP contribution in [0.3, 0.4) is 0 Å². The van der Waals surface area contributed by atoms with E-state index in [2.05, 4.69) is 20.1 Å². The van der Waals surface area contributed by atoms with Crippen molar-refractivity contribution in [1.82, 2.24) is 15.0 Å². The highest BCUT2D eigenvalue weighted by atomic mass is 35.5. The van der Waals surface area contributed by atoms with Crippen molar-refractivity contribution in [3.05, 3.63) is 35.7 Å². The first kappa shape index (κ1) is 21.9. The standard InChI is InChI=1S/C17H18BN5O3S2.ClH/c1-25-6-5-23(16-14-15(19-10-20-16)22-17(27-2)28-14)21-8-11-3-4-13-12(7-11)9-26-18(13)24;/h3-4,7-8,10,24H,5-6,9H2,1-2H3;1H/b21-8+;. The lowest BCUT2D eigenvalue weighted by Crippen LogP contribution is -2.27. The van der Waals surface area contributed by atoms with Crippen molar-refractivity contribution in [1.29, 1.82) is 0 Å². The maximum Gasteiger partial charge on any atom is 0.491 e. The molecule has 1 aliphatic heterocycles. The first-order valence-corrected chi connectivity index (χ1v) is 10.6. The second-order valence-electron chi connectivity index (χ2n) is 6.02. The Morgan fingerprint density at radius 3 is 3.10 bits per heavy atom. The van der Waals surface area contributed by atoms with E-state index < -0.39 is 7.12 Å². The van der Waals surface area contributed by atoms with Crippen molar-refractivity contribution < 1.29 is 14.4 Å². The second kappa shape index (κ2) is 9.83. The topological polar surface area (TPSA) is 93.0 Å². The van der Waals surface area contributed by atoms with Gasteiger partial charge in [0.15, 0.2) is 15.8 Å². The predicted molar refractivity (Wildman–Crippen MR) is 120 cm³/mol. The van der Waals surface area contributed by atoms with Crippen molar-refractivity contribution in [3.8, 4) is 0 Å². The summed E-state index contributed by atoms with van der Waals surface area (Å²) in [5.41, 5.74) is 3.36. The molecule has 4 rings (SSSR count). The van der Waals surface area contributed by atoms with Gasteiger partial charge in [-0.05, 0) is 28.9 Å². The van der Waals surface area contributed by atoms with Crippen LogP contribution in [0.4, 0.5) is 5.82 Å². The van der Waals surface area contributed by atoms with Crippen molar-refractivity contribution in [2.75, 3.05) is 31.5 Å². The molecule has 1 aromatic carbocycles. The minimum Gasteiger partial charge on any atom is -0.423 e. The summed E-state index contributed by atoms with van der Waals surface area (Å²) in [6, 6.07) is 5.74. The van der Waals surface area contributed by atoms with Gasteiger partial charge in [0.25, 0.3) is 0 Å². The zero-order valence-corrected chi connectivity index (χ0v) is 18.3. The van der Waals surface area contributed by atoms with Gasteiger partial charge in [0, 0.05) is 7.11 Å². The summed E-state index contributed by atoms with van der Waals surface area (Å²) in [5.74, 6) is 0.705. The molecule has 8 nitrogen and oxygen atoms in total. The molecule has 0 spiro atoms. The summed E-state index contributed by atoms with van der Waals surface area (Å²) in [5, 5.41) is 16.2. The number of hydrogen-bond acceptors (Lipinski definition) is 10. The highest BCUT2D eigenvalue weighted by Gasteiger charge is 2.26. The molecule has 0 aliphatic carbocycles. The minimum absolute atomic E-state index is 0. The van der Waals surface area contributed by atoms with E-state index in [0.29, 0.717) is 31.2 Å². The lowest BCUT2D eigenvalue weighted by Gasteiger charge is -2.17. The molecule has 0 atom stereocenters. The number of anilines is 1. The number of thioether (sulfide) groups is 1. The van der Waals surface area contributed by atoms with Crippen LogP contribution in [0.25, 0.3) is 10.3 Å². The number of benzene rings is 1. The van der Waals surface area contributed by atoms with E-state index in [4.69, 9.17) is 9.39 Å². The van der Waals surface area contributed by atoms with Gasteiger partial charge >= 0.3 is 7.12 Å². The van der Waals surface area contributed by atoms with Gasteiger partial charge in [-0.2, -0.15) is 5.10 Å². The van der Waals surface area contributed by atoms with Crippen molar-refractivity contribution in [3.63, 3.8) is 0 Å². The Labute approximate surface area is 182 Å². The van der Waals surface area contributed by atoms with Gasteiger partial charge < -0.3 is 14.4 Å². The van der Waals surface area contributed by atoms with E-state index in [1.165, 1.54) is 6.33 Å². The second-order valence-corrected chi connectivity index (χ2v) is 8.07. The van der Waals surface area contributed by atoms with Crippen LogP contribution in [0.2, 0.25) is 0 Å². The fourth-order valence-corrected chi connectivity index (χ4v) is 4.36. The SMILES string of the molecule is COCCN(/N=C/c1ccc2c(c1)COB2O)c1ncnc2nc(SC)sc12.Cl. The average Bonchev–Trinajstić information content (AvgIpc) is 3.31. The molecular weight excluding hydrogens is 433 g/mol. The molecule has 1 aliphatic rings. The summed E-state index contributed by atoms with van der Waals surface area (Å²) in [6.45, 7) is 1.44. The minimum atomic E-state index is -0.842. The average molecular weight is 452 g/mol. The third-order valence-corrected chi connectivity index (χ3v) is 6.28. The summed E-state index contributed by atoms with van der Waals surface area (Å²) in [4.78, 5) is 13.2. The van der Waals surface area contributed by atoms with E-state index in [-0.39, 0.29) is 12.4 Å². The fraction of sp³-hybridized carbons (Fsp3) is 0.294. The number of thiazole rings is 1. The predicted octanol–water partition coefficient (Wildman–Crippen LogP) is 1.93. The Hall–Kier alpha value is -1.76. The van der Waals surface area contributed by atoms with Crippen LogP contribution in [-0.4, -0.2) is 59.8 Å². The highest BCUT2D eigenvalue weighted by molar-refractivity contribution is 8.00. The van der Waals surface area contributed by atoms with Gasteiger partial charge in [-0.3, -0.25) is 0 Å². The van der Waals surface area contributed by atoms with Crippen LogP contribution in [0.1, 0.15) is 11.1 Å². The molecule has 12 heteroatoms. The first-order valence-electron chi connectivity index (χ1n) is 8.58. The van der Waals surface area contributed by atoms with Crippen molar-refractivity contribution in [2.45, 2.75) is 10.9 Å². The van der Waals surface area contributed by atoms with E-state index >= 15 is 0 Å². The Kier molecular flexibility index (Phi) is 7.44. The molecule has 2 aromatic heterocycles. The number of ether oxygens (including phenoxy) is 1. The molecule has 3 aromatic rings. The number of nitrogens with zero attached hydrogens (tertiary/aromatic N) is 5. The van der Waals surface area contributed by atoms with Crippen LogP contribution in [-0.2, 0) is 16.0 Å². The molecule has 0 radical (unpaired) electrons. The largest absolute Gasteiger partial charge is 0.491 e. The van der Waals surface area contributed by atoms with Crippen LogP contribution >= 0.6 is 35.5 Å². The smallest absolute Gasteiger partial charge is 0.423 e. The van der Waals surface area contributed by atoms with Gasteiger partial charge in [0.1, 0.15) is 11.0 Å². The van der Waals surface area contributed by atoms with E-state index in [1.807, 2.05) is 24.5 Å². The van der Waals surface area contributed by atoms with Crippen molar-refractivity contribution in [2.24, 2.45) is 5.10 Å². The number of hydrogen-bond donors (Lipinski definition) is 1. The quantitative estimate of drug-likeness (QED) is 0.252. The number of fused-ring (bicyclic) bond motifs is 2. The molecule has 0 fully saturated rings. The molecule has 29 heavy (non-hydrogen) atoms. The van der Waals surface area contributed by atoms with Gasteiger partial charge in [-0.15, -0.1) is 23.7 Å². The Balaban J connectivity index is 0.00000240. The third-order valence-electron chi connectivity index (χ3n) is 4.26. The molecular formula is C17H19BClN5O3S2. The zero-order chi connectivity index (χ0) is 19.5. The summed E-state index contributed by atoms with van der Waals surface area (Å²) in [6.07, 6.45) is 5.26. The van der Waals surface area contributed by atoms with E-state index in [9.17, 15) is 5.02 Å². The van der Waals surface area contributed by atoms with E-state index in [1.54, 1.807) is 41.4 Å². The van der Waals surface area contributed by atoms with Gasteiger partial charge in [-0.1, -0.05) is 23.9 Å². The number of hydrazone groups is 1. The van der Waals surface area contributed by atoms with Crippen LogP contribution in [0.15, 0.2) is 34.0 Å². The lowest BCUT2D eigenvalue weighted by molar-refractivity contribution is 0.205. The fourth-order valence-electron chi connectivity index (χ4n) is 2.86. The Morgan fingerprint density at radius 1 is 1.45 bits per heavy atom. The van der Waals surface area contributed by atoms with Gasteiger partial charge in [0.05, 0.1) is 26.0 Å². The molecule has 0 saturated carbocycles. The van der Waals surface area contributed by atoms with E-state index in [0.717, 1.165) is 25.6 Å². The molecule has 0 amide bonds. The Morgan fingerprint density at radius 2 is 2.31 bits per heavy atom. The first-order chi connectivity index (χ1) is 13.7. The van der Waals surface area contributed by atoms with Crippen LogP contribution in [0.5, 0.6) is 0 Å². The number of methoxy groups -OCH3 is 1. The molecule has 3 heterocycles. The number of halogens is 1. The number of rotatable bonds is 7. The zero-order valence-electron chi connectivity index (χ0n) is 15.8. The van der Waals surface area contributed by atoms with Crippen molar-refractivity contribution >= 4 is 70.5 Å². The third kappa shape index (κ3) is 4.71. The molecule has 0 unspecified atom stereocenters. The van der Waals surface area contributed by atoms with Crippen LogP contribution < -0.4 is 10.5 Å². The summed E-state index contributed by atoms with van der Waals surface area (Å²) < 4.78 is 12.3. The molecule has 0 saturated heterocycles. The van der Waals surface area contributed by atoms with Crippen LogP contribution in [0, 0.1) is 0 Å². The maximum atomic E-state index is 9.76. The van der Waals surface area contributed by atoms with Gasteiger partial charge in [0.2, 0.25) is 0 Å². The Bertz CT molecular complexity index is 1020. The molecule has 0 bridgehead atoms. The summed E-state index contributed by atoms with van der Waals surface area (Å²) in [7, 11) is 0.812. The molecule has 1 N–H and O–H groups in total. The maximum absolute atomic E-state index is 9.76. The highest BCUT2D eigenvalue weighted by Crippen LogP contribution is 2.32. The normalized spacial score (nSPS) is 13.1. The monoisotopic (exact) mass is 451 g/mol. The lowest BCUT2D eigenvalue weighted by atomic mass is 9.79.